The molecule has 5 N–H and O–H groups in total. The number of amides is 1. The Bertz CT molecular complexity index is 1990. The number of esters is 3. The van der Waals surface area contributed by atoms with Crippen LogP contribution in [-0.2, 0) is 38.1 Å². The average Bonchev–Trinajstić information content (AvgIpc) is 3.18. The van der Waals surface area contributed by atoms with Crippen molar-refractivity contribution in [3.63, 3.8) is 0 Å². The van der Waals surface area contributed by atoms with E-state index < -0.39 is 107 Å². The Morgan fingerprint density at radius 1 is 0.965 bits per heavy atom. The first-order valence-electron chi connectivity index (χ1n) is 19.0. The van der Waals surface area contributed by atoms with Crippen molar-refractivity contribution in [3.05, 3.63) is 94.6 Å². The molecule has 14 heteroatoms. The van der Waals surface area contributed by atoms with Crippen molar-refractivity contribution in [1.82, 2.24) is 5.32 Å². The Labute approximate surface area is 330 Å². The zero-order valence-corrected chi connectivity index (χ0v) is 33.1. The molecule has 0 radical (unpaired) electrons. The summed E-state index contributed by atoms with van der Waals surface area (Å²) >= 11 is 0. The number of carbonyl (C=O) groups is 5. The first kappa shape index (κ1) is 41.9. The molecule has 2 saturated carbocycles. The van der Waals surface area contributed by atoms with E-state index in [0.29, 0.717) is 11.1 Å². The predicted octanol–water partition coefficient (Wildman–Crippen LogP) is 2.82. The van der Waals surface area contributed by atoms with Crippen molar-refractivity contribution in [2.24, 2.45) is 16.7 Å². The maximum absolute atomic E-state index is 14.9. The van der Waals surface area contributed by atoms with Gasteiger partial charge in [-0.2, -0.15) is 0 Å². The first-order chi connectivity index (χ1) is 26.8. The molecule has 306 valence electrons. The number of ketones is 1. The summed E-state index contributed by atoms with van der Waals surface area (Å²) in [6.07, 6.45) is -8.83. The second-order valence-electron chi connectivity index (χ2n) is 16.4. The van der Waals surface area contributed by atoms with Gasteiger partial charge in [-0.25, -0.2) is 9.59 Å². The number of carbonyl (C=O) groups excluding carboxylic acids is 5. The normalized spacial score (nSPS) is 34.2. The van der Waals surface area contributed by atoms with Gasteiger partial charge in [0.2, 0.25) is 5.91 Å². The molecule has 0 spiro atoms. The van der Waals surface area contributed by atoms with Gasteiger partial charge in [0.1, 0.15) is 30.0 Å². The summed E-state index contributed by atoms with van der Waals surface area (Å²) in [5, 5.41) is 51.7. The van der Waals surface area contributed by atoms with Gasteiger partial charge in [0, 0.05) is 30.8 Å². The number of fused-ring (bicyclic) bond motifs is 5. The van der Waals surface area contributed by atoms with Gasteiger partial charge in [0.05, 0.1) is 35.6 Å². The molecule has 57 heavy (non-hydrogen) atoms. The minimum atomic E-state index is -2.34. The van der Waals surface area contributed by atoms with Gasteiger partial charge in [0.15, 0.2) is 17.5 Å². The topological polar surface area (TPSA) is 215 Å². The van der Waals surface area contributed by atoms with Gasteiger partial charge in [-0.3, -0.25) is 14.4 Å². The minimum absolute atomic E-state index is 0.0497. The van der Waals surface area contributed by atoms with Crippen LogP contribution in [0.1, 0.15) is 83.3 Å². The fourth-order valence-electron chi connectivity index (χ4n) is 9.51. The summed E-state index contributed by atoms with van der Waals surface area (Å²) in [7, 11) is 0. The van der Waals surface area contributed by atoms with Gasteiger partial charge in [0.25, 0.3) is 0 Å². The van der Waals surface area contributed by atoms with Crippen molar-refractivity contribution < 1.29 is 63.3 Å². The van der Waals surface area contributed by atoms with Gasteiger partial charge in [-0.1, -0.05) is 68.5 Å². The first-order valence-corrected chi connectivity index (χ1v) is 19.0. The van der Waals surface area contributed by atoms with Crippen LogP contribution in [0.15, 0.2) is 83.5 Å². The van der Waals surface area contributed by atoms with E-state index in [4.69, 9.17) is 18.9 Å². The van der Waals surface area contributed by atoms with E-state index in [1.165, 1.54) is 26.0 Å². The Morgan fingerprint density at radius 2 is 1.58 bits per heavy atom. The molecule has 14 nitrogen and oxygen atoms in total. The average molecular weight is 790 g/mol. The van der Waals surface area contributed by atoms with Gasteiger partial charge < -0.3 is 44.7 Å². The van der Waals surface area contributed by atoms with Crippen molar-refractivity contribution >= 4 is 29.6 Å². The summed E-state index contributed by atoms with van der Waals surface area (Å²) in [6, 6.07) is 14.9. The predicted molar refractivity (Wildman–Crippen MR) is 202 cm³/mol. The SMILES string of the molecule is C/C=C(/C)C(=O)N[C@@H](c1ccccc1)[C@@H](O)C(=O)O[C@H]1C[C@@]2(O)[C@@H](OC(=O)c3ccccc3)[C@@H]3[C@]4(OC(C)=O)CO[C@@H]4C[C@H](O)[C@@]3(C)C(=O)[C@H](O)C(=C1C)C2(C)C. The third-order valence-electron chi connectivity index (χ3n) is 13.0. The summed E-state index contributed by atoms with van der Waals surface area (Å²) < 4.78 is 24.1. The highest BCUT2D eigenvalue weighted by Crippen LogP contribution is 2.64. The quantitative estimate of drug-likeness (QED) is 0.107. The van der Waals surface area contributed by atoms with Crippen molar-refractivity contribution in [2.75, 3.05) is 6.61 Å². The maximum Gasteiger partial charge on any atom is 0.338 e. The number of rotatable bonds is 9. The van der Waals surface area contributed by atoms with Crippen LogP contribution in [0.4, 0.5) is 0 Å². The van der Waals surface area contributed by atoms with E-state index in [0.717, 1.165) is 6.92 Å². The van der Waals surface area contributed by atoms with Crippen molar-refractivity contribution in [2.45, 2.75) is 115 Å². The summed E-state index contributed by atoms with van der Waals surface area (Å²) in [5.74, 6) is -5.84. The standard InChI is InChI=1S/C43H51NO13/c1-8-22(2)37(50)44-31(25-15-11-9-12-16-25)33(48)39(52)55-27-20-43(53)36(56-38(51)26-17-13-10-14-18-26)34-41(7,35(49)32(47)30(23(27)3)40(43,5)6)28(46)19-29-42(34,21-54-29)57-24(4)45/h8-18,27-29,31-34,36,46-48,53H,19-21H2,1-7H3,(H,44,50)/b22-8-/t27-,28-,29+,31-,32+,33+,34-,36-,41+,42-,43+/m0/s1. The number of Topliss-reactive ketones (excluding diaryl/α,β-unsaturated/α-hetero) is 1. The van der Waals surface area contributed by atoms with E-state index in [1.807, 2.05) is 0 Å². The second-order valence-corrected chi connectivity index (χ2v) is 16.4. The van der Waals surface area contributed by atoms with Crippen LogP contribution in [0.3, 0.4) is 0 Å². The highest BCUT2D eigenvalue weighted by Gasteiger charge is 2.78. The maximum atomic E-state index is 14.9. The largest absolute Gasteiger partial charge is 0.456 e. The molecule has 2 aromatic carbocycles. The number of benzene rings is 2. The van der Waals surface area contributed by atoms with E-state index in [-0.39, 0.29) is 29.7 Å². The third kappa shape index (κ3) is 6.70. The van der Waals surface area contributed by atoms with Crippen LogP contribution in [0.25, 0.3) is 0 Å². The summed E-state index contributed by atoms with van der Waals surface area (Å²) in [4.78, 5) is 68.9. The Kier molecular flexibility index (Phi) is 11.2. The van der Waals surface area contributed by atoms with Gasteiger partial charge in [-0.15, -0.1) is 0 Å². The highest BCUT2D eigenvalue weighted by atomic mass is 16.6. The molecule has 0 aromatic heterocycles. The van der Waals surface area contributed by atoms with Crippen LogP contribution in [0.2, 0.25) is 0 Å². The van der Waals surface area contributed by atoms with Crippen LogP contribution in [-0.4, -0.2) is 104 Å². The Morgan fingerprint density at radius 3 is 2.14 bits per heavy atom. The second kappa shape index (κ2) is 15.2. The number of ether oxygens (including phenoxy) is 4. The minimum Gasteiger partial charge on any atom is -0.456 e. The zero-order chi connectivity index (χ0) is 41.8. The number of hydrogen-bond acceptors (Lipinski definition) is 13. The number of nitrogens with one attached hydrogen (secondary N) is 1. The van der Waals surface area contributed by atoms with E-state index >= 15 is 0 Å². The van der Waals surface area contributed by atoms with Crippen LogP contribution in [0.5, 0.6) is 0 Å². The Balaban J connectivity index is 1.50. The number of aliphatic hydroxyl groups is 4. The molecule has 1 aliphatic heterocycles. The van der Waals surface area contributed by atoms with Crippen molar-refractivity contribution in [1.29, 1.82) is 0 Å². The molecule has 4 aliphatic rings. The fourth-order valence-corrected chi connectivity index (χ4v) is 9.51. The summed E-state index contributed by atoms with van der Waals surface area (Å²) in [5.41, 5.74) is -6.75. The highest BCUT2D eigenvalue weighted by molar-refractivity contribution is 5.95. The van der Waals surface area contributed by atoms with Gasteiger partial charge >= 0.3 is 17.9 Å². The lowest BCUT2D eigenvalue weighted by atomic mass is 9.44. The van der Waals surface area contributed by atoms with Crippen LogP contribution in [0, 0.1) is 16.7 Å². The zero-order valence-electron chi connectivity index (χ0n) is 33.1. The lowest BCUT2D eigenvalue weighted by Crippen LogP contribution is -2.81. The van der Waals surface area contributed by atoms with E-state index in [2.05, 4.69) is 5.32 Å². The molecule has 6 rings (SSSR count). The van der Waals surface area contributed by atoms with E-state index in [1.54, 1.807) is 82.3 Å². The lowest BCUT2D eigenvalue weighted by molar-refractivity contribution is -0.346. The lowest BCUT2D eigenvalue weighted by Gasteiger charge is -2.67. The smallest absolute Gasteiger partial charge is 0.338 e. The molecular formula is C43H51NO13. The molecule has 0 unspecified atom stereocenters. The van der Waals surface area contributed by atoms with Crippen LogP contribution < -0.4 is 5.32 Å². The molecule has 3 aliphatic carbocycles. The number of aliphatic hydroxyl groups excluding tert-OH is 3. The monoisotopic (exact) mass is 789 g/mol. The molecule has 3 fully saturated rings. The van der Waals surface area contributed by atoms with Crippen LogP contribution >= 0.6 is 0 Å². The fraction of sp³-hybridized carbons (Fsp3) is 0.512. The number of hydrogen-bond donors (Lipinski definition) is 5. The third-order valence-corrected chi connectivity index (χ3v) is 13.0. The number of allylic oxidation sites excluding steroid dienone is 1. The molecule has 2 aromatic rings. The van der Waals surface area contributed by atoms with Gasteiger partial charge in [-0.05, 0) is 56.5 Å². The molecule has 1 amide bonds. The molecule has 2 bridgehead atoms. The van der Waals surface area contributed by atoms with Crippen molar-refractivity contribution in [3.8, 4) is 0 Å². The summed E-state index contributed by atoms with van der Waals surface area (Å²) in [6.45, 7) is 10.1. The molecule has 11 atom stereocenters. The van der Waals surface area contributed by atoms with E-state index in [9.17, 15) is 44.4 Å². The molecule has 1 saturated heterocycles. The molecular weight excluding hydrogens is 738 g/mol. The Hall–Kier alpha value is -4.73. The molecule has 1 heterocycles.